The zero-order valence-electron chi connectivity index (χ0n) is 18.9. The van der Waals surface area contributed by atoms with E-state index in [4.69, 9.17) is 10.1 Å². The van der Waals surface area contributed by atoms with E-state index in [2.05, 4.69) is 10.6 Å². The van der Waals surface area contributed by atoms with Crippen LogP contribution in [0.2, 0.25) is 0 Å². The quantitative estimate of drug-likeness (QED) is 0.375. The number of rotatable bonds is 7. The molecular weight excluding hydrogens is 417 g/mol. The van der Waals surface area contributed by atoms with E-state index in [1.54, 1.807) is 36.4 Å². The highest BCUT2D eigenvalue weighted by Crippen LogP contribution is 2.61. The Kier molecular flexibility index (Phi) is 6.09. The average Bonchev–Trinajstić information content (AvgIpc) is 2.78. The molecule has 33 heavy (non-hydrogen) atoms. The molecule has 0 aliphatic heterocycles. The van der Waals surface area contributed by atoms with E-state index in [-0.39, 0.29) is 11.4 Å². The van der Waals surface area contributed by atoms with Gasteiger partial charge in [-0.1, -0.05) is 12.1 Å². The van der Waals surface area contributed by atoms with E-state index in [0.29, 0.717) is 17.9 Å². The molecule has 0 aromatic heterocycles. The van der Waals surface area contributed by atoms with Crippen LogP contribution in [0, 0.1) is 29.0 Å². The van der Waals surface area contributed by atoms with Crippen molar-refractivity contribution in [3.8, 4) is 0 Å². The van der Waals surface area contributed by atoms with Gasteiger partial charge in [-0.25, -0.2) is 14.2 Å². The van der Waals surface area contributed by atoms with Crippen LogP contribution in [0.1, 0.15) is 60.9 Å². The van der Waals surface area contributed by atoms with Crippen molar-refractivity contribution in [3.05, 3.63) is 65.5 Å². The number of carbonyl (C=O) groups is 1. The van der Waals surface area contributed by atoms with Crippen molar-refractivity contribution in [1.82, 2.24) is 5.32 Å². The first kappa shape index (κ1) is 21.9. The van der Waals surface area contributed by atoms with Gasteiger partial charge >= 0.3 is 5.97 Å². The zero-order chi connectivity index (χ0) is 22.8. The molecule has 2 aromatic rings. The third-order valence-corrected chi connectivity index (χ3v) is 7.84. The lowest BCUT2D eigenvalue weighted by Gasteiger charge is -2.57. The Balaban J connectivity index is 1.25. The van der Waals surface area contributed by atoms with Crippen LogP contribution < -0.4 is 10.6 Å². The summed E-state index contributed by atoms with van der Waals surface area (Å²) in [7, 11) is 0. The van der Waals surface area contributed by atoms with Gasteiger partial charge in [0.05, 0.1) is 12.1 Å². The van der Waals surface area contributed by atoms with E-state index in [1.807, 2.05) is 0 Å². The molecule has 0 radical (unpaired) electrons. The third kappa shape index (κ3) is 5.21. The lowest BCUT2D eigenvalue weighted by Crippen LogP contribution is -2.47. The van der Waals surface area contributed by atoms with Gasteiger partial charge in [-0.05, 0) is 110 Å². The summed E-state index contributed by atoms with van der Waals surface area (Å²) in [5, 5.41) is 16.0. The first-order chi connectivity index (χ1) is 16.0. The molecule has 0 spiro atoms. The van der Waals surface area contributed by atoms with Crippen molar-refractivity contribution in [3.63, 3.8) is 0 Å². The molecule has 0 atom stereocenters. The van der Waals surface area contributed by atoms with Gasteiger partial charge in [0.15, 0.2) is 5.96 Å². The Morgan fingerprint density at radius 3 is 2.15 bits per heavy atom. The second-order valence-electron chi connectivity index (χ2n) is 10.4. The topological polar surface area (TPSA) is 73.7 Å². The van der Waals surface area contributed by atoms with E-state index < -0.39 is 5.97 Å². The van der Waals surface area contributed by atoms with Crippen molar-refractivity contribution in [2.45, 2.75) is 51.5 Å². The number of guanidine groups is 1. The number of hydrogen-bond donors (Lipinski definition) is 3. The van der Waals surface area contributed by atoms with E-state index in [0.717, 1.165) is 42.0 Å². The molecule has 4 aliphatic carbocycles. The Morgan fingerprint density at radius 1 is 0.970 bits per heavy atom. The molecule has 4 aliphatic rings. The number of carboxylic acid groups (broad SMARTS) is 1. The van der Waals surface area contributed by atoms with E-state index in [1.165, 1.54) is 50.7 Å². The number of anilines is 1. The lowest BCUT2D eigenvalue weighted by atomic mass is 9.49. The Morgan fingerprint density at radius 2 is 1.58 bits per heavy atom. The number of benzene rings is 2. The van der Waals surface area contributed by atoms with Gasteiger partial charge in [-0.3, -0.25) is 0 Å². The van der Waals surface area contributed by atoms with Crippen LogP contribution in [-0.4, -0.2) is 23.6 Å². The molecule has 4 saturated carbocycles. The summed E-state index contributed by atoms with van der Waals surface area (Å²) in [6.45, 7) is 1.29. The van der Waals surface area contributed by atoms with Gasteiger partial charge in [0.25, 0.3) is 0 Å². The number of aromatic carboxylic acids is 1. The highest BCUT2D eigenvalue weighted by atomic mass is 19.1. The molecule has 0 heterocycles. The molecule has 6 rings (SSSR count). The maximum Gasteiger partial charge on any atom is 0.335 e. The maximum absolute atomic E-state index is 13.2. The van der Waals surface area contributed by atoms with E-state index in [9.17, 15) is 9.18 Å². The minimum absolute atomic E-state index is 0.250. The Labute approximate surface area is 194 Å². The van der Waals surface area contributed by atoms with Crippen molar-refractivity contribution in [2.24, 2.45) is 28.2 Å². The molecule has 0 amide bonds. The average molecular weight is 450 g/mol. The largest absolute Gasteiger partial charge is 0.478 e. The first-order valence-corrected chi connectivity index (χ1v) is 12.1. The number of halogens is 1. The smallest absolute Gasteiger partial charge is 0.335 e. The number of carboxylic acids is 1. The van der Waals surface area contributed by atoms with Crippen LogP contribution in [0.3, 0.4) is 0 Å². The minimum Gasteiger partial charge on any atom is -0.478 e. The zero-order valence-corrected chi connectivity index (χ0v) is 18.9. The van der Waals surface area contributed by atoms with Crippen LogP contribution in [-0.2, 0) is 6.54 Å². The van der Waals surface area contributed by atoms with Gasteiger partial charge < -0.3 is 15.7 Å². The van der Waals surface area contributed by atoms with Crippen LogP contribution in [0.5, 0.6) is 0 Å². The number of nitrogens with one attached hydrogen (secondary N) is 2. The van der Waals surface area contributed by atoms with Crippen LogP contribution in [0.15, 0.2) is 53.5 Å². The number of hydrogen-bond acceptors (Lipinski definition) is 2. The van der Waals surface area contributed by atoms with E-state index >= 15 is 0 Å². The summed E-state index contributed by atoms with van der Waals surface area (Å²) >= 11 is 0. The molecule has 5 nitrogen and oxygen atoms in total. The van der Waals surface area contributed by atoms with Gasteiger partial charge in [0.1, 0.15) is 5.82 Å². The summed E-state index contributed by atoms with van der Waals surface area (Å²) in [6, 6.07) is 13.0. The fraction of sp³-hybridized carbons (Fsp3) is 0.481. The second-order valence-corrected chi connectivity index (χ2v) is 10.4. The van der Waals surface area contributed by atoms with Crippen LogP contribution >= 0.6 is 0 Å². The van der Waals surface area contributed by atoms with Crippen LogP contribution in [0.25, 0.3) is 0 Å². The SMILES string of the molecule is O=C(O)c1ccc(NC(=NCc2ccc(F)cc2)NCCC23CC4CC(CC(C4)C2)C3)cc1. The van der Waals surface area contributed by atoms with Gasteiger partial charge in [0, 0.05) is 12.2 Å². The first-order valence-electron chi connectivity index (χ1n) is 12.1. The van der Waals surface area contributed by atoms with Crippen molar-refractivity contribution >= 4 is 17.6 Å². The second kappa shape index (κ2) is 9.16. The predicted octanol–water partition coefficient (Wildman–Crippen LogP) is 5.69. The fourth-order valence-corrected chi connectivity index (χ4v) is 6.77. The fourth-order valence-electron chi connectivity index (χ4n) is 6.77. The summed E-state index contributed by atoms with van der Waals surface area (Å²) in [5.41, 5.74) is 2.45. The lowest BCUT2D eigenvalue weighted by molar-refractivity contribution is -0.0562. The summed E-state index contributed by atoms with van der Waals surface area (Å²) in [4.78, 5) is 15.9. The highest BCUT2D eigenvalue weighted by Gasteiger charge is 2.50. The standard InChI is InChI=1S/C27H32FN3O2/c28-23-5-1-18(2-6-23)17-30-26(31-24-7-3-22(4-8-24)25(32)33)29-10-9-27-14-19-11-20(15-27)13-21(12-19)16-27/h1-8,19-21H,9-17H2,(H,32,33)(H2,29,30,31). The molecule has 4 bridgehead atoms. The maximum atomic E-state index is 13.2. The van der Waals surface area contributed by atoms with Crippen LogP contribution in [0.4, 0.5) is 10.1 Å². The van der Waals surface area contributed by atoms with Crippen molar-refractivity contribution < 1.29 is 14.3 Å². The summed E-state index contributed by atoms with van der Waals surface area (Å²) in [6.07, 6.45) is 9.65. The molecule has 0 unspecified atom stereocenters. The van der Waals surface area contributed by atoms with Crippen molar-refractivity contribution in [1.29, 1.82) is 0 Å². The molecule has 174 valence electrons. The molecule has 6 heteroatoms. The van der Waals surface area contributed by atoms with Crippen molar-refractivity contribution in [2.75, 3.05) is 11.9 Å². The third-order valence-electron chi connectivity index (χ3n) is 7.84. The number of nitrogens with zero attached hydrogens (tertiary/aromatic N) is 1. The molecule has 4 fully saturated rings. The summed E-state index contributed by atoms with van der Waals surface area (Å²) in [5.74, 6) is 2.28. The molecular formula is C27H32FN3O2. The Bertz CT molecular complexity index is 981. The molecule has 0 saturated heterocycles. The monoisotopic (exact) mass is 449 g/mol. The normalized spacial score (nSPS) is 28.0. The highest BCUT2D eigenvalue weighted by molar-refractivity contribution is 5.94. The molecule has 2 aromatic carbocycles. The minimum atomic E-state index is -0.944. The Hall–Kier alpha value is -2.89. The van der Waals surface area contributed by atoms with Gasteiger partial charge in [-0.15, -0.1) is 0 Å². The predicted molar refractivity (Wildman–Crippen MR) is 128 cm³/mol. The number of aliphatic imine (C=N–C) groups is 1. The van der Waals surface area contributed by atoms with Gasteiger partial charge in [-0.2, -0.15) is 0 Å². The summed E-state index contributed by atoms with van der Waals surface area (Å²) < 4.78 is 13.2. The van der Waals surface area contributed by atoms with Gasteiger partial charge in [0.2, 0.25) is 0 Å². The molecule has 3 N–H and O–H groups in total.